The number of amides is 2. The molecule has 2 aliphatic rings. The SMILES string of the molecule is CCN(CC)C(=O)Cn1cnc2nc(N3CCC(C(=O)NC4CC4)CC3)sc2c1=O. The van der Waals surface area contributed by atoms with E-state index < -0.39 is 0 Å². The molecular weight excluding hydrogens is 404 g/mol. The number of aromatic nitrogens is 3. The Bertz CT molecular complexity index is 986. The van der Waals surface area contributed by atoms with Crippen LogP contribution in [-0.2, 0) is 16.1 Å². The third-order valence-corrected chi connectivity index (χ3v) is 6.95. The second-order valence-corrected chi connectivity index (χ2v) is 8.91. The average molecular weight is 433 g/mol. The molecule has 0 spiro atoms. The van der Waals surface area contributed by atoms with Gasteiger partial charge < -0.3 is 15.1 Å². The molecule has 1 saturated heterocycles. The zero-order chi connectivity index (χ0) is 21.3. The van der Waals surface area contributed by atoms with Crippen LogP contribution in [0.2, 0.25) is 0 Å². The van der Waals surface area contributed by atoms with E-state index in [0.717, 1.165) is 43.9 Å². The maximum Gasteiger partial charge on any atom is 0.273 e. The number of carbonyl (C=O) groups is 2. The molecule has 0 radical (unpaired) electrons. The van der Waals surface area contributed by atoms with E-state index in [-0.39, 0.29) is 29.8 Å². The van der Waals surface area contributed by atoms with Gasteiger partial charge in [0, 0.05) is 38.1 Å². The minimum absolute atomic E-state index is 0.0157. The van der Waals surface area contributed by atoms with Crippen molar-refractivity contribution in [2.45, 2.75) is 52.1 Å². The maximum absolute atomic E-state index is 12.9. The minimum atomic E-state index is -0.233. The summed E-state index contributed by atoms with van der Waals surface area (Å²) in [6.45, 7) is 6.50. The molecule has 1 aliphatic carbocycles. The number of nitrogens with one attached hydrogen (secondary N) is 1. The third kappa shape index (κ3) is 4.33. The lowest BCUT2D eigenvalue weighted by Gasteiger charge is -2.30. The van der Waals surface area contributed by atoms with Gasteiger partial charge in [0.2, 0.25) is 11.8 Å². The van der Waals surface area contributed by atoms with E-state index in [0.29, 0.717) is 29.5 Å². The van der Waals surface area contributed by atoms with Gasteiger partial charge in [-0.15, -0.1) is 0 Å². The smallest absolute Gasteiger partial charge is 0.273 e. The highest BCUT2D eigenvalue weighted by Crippen LogP contribution is 2.30. The van der Waals surface area contributed by atoms with Gasteiger partial charge in [0.15, 0.2) is 10.8 Å². The summed E-state index contributed by atoms with van der Waals surface area (Å²) in [4.78, 5) is 50.1. The van der Waals surface area contributed by atoms with Crippen molar-refractivity contribution >= 4 is 38.6 Å². The van der Waals surface area contributed by atoms with Crippen LogP contribution in [-0.4, -0.2) is 63.5 Å². The van der Waals surface area contributed by atoms with Crippen LogP contribution >= 0.6 is 11.3 Å². The monoisotopic (exact) mass is 432 g/mol. The van der Waals surface area contributed by atoms with Crippen LogP contribution in [0.5, 0.6) is 0 Å². The first-order chi connectivity index (χ1) is 14.5. The molecule has 0 aromatic carbocycles. The number of piperidine rings is 1. The highest BCUT2D eigenvalue weighted by Gasteiger charge is 2.30. The fraction of sp³-hybridized carbons (Fsp3) is 0.650. The molecule has 2 aromatic rings. The number of likely N-dealkylation sites (N-methyl/N-ethyl adjacent to an activating group) is 1. The summed E-state index contributed by atoms with van der Waals surface area (Å²) in [7, 11) is 0. The summed E-state index contributed by atoms with van der Waals surface area (Å²) in [6, 6.07) is 0.390. The lowest BCUT2D eigenvalue weighted by molar-refractivity contribution is -0.131. The lowest BCUT2D eigenvalue weighted by atomic mass is 9.96. The Hall–Kier alpha value is -2.49. The molecule has 9 nitrogen and oxygen atoms in total. The summed E-state index contributed by atoms with van der Waals surface area (Å²) in [5, 5.41) is 3.84. The topological polar surface area (TPSA) is 100 Å². The van der Waals surface area contributed by atoms with Gasteiger partial charge in [0.25, 0.3) is 5.56 Å². The zero-order valence-corrected chi connectivity index (χ0v) is 18.3. The van der Waals surface area contributed by atoms with Crippen molar-refractivity contribution in [2.24, 2.45) is 5.92 Å². The first kappa shape index (κ1) is 20.8. The van der Waals surface area contributed by atoms with E-state index in [4.69, 9.17) is 0 Å². The normalized spacial score (nSPS) is 17.3. The third-order valence-electron chi connectivity index (χ3n) is 5.85. The number of fused-ring (bicyclic) bond motifs is 1. The van der Waals surface area contributed by atoms with Crippen molar-refractivity contribution in [1.29, 1.82) is 0 Å². The number of carbonyl (C=O) groups excluding carboxylic acids is 2. The first-order valence-electron chi connectivity index (χ1n) is 10.7. The van der Waals surface area contributed by atoms with Gasteiger partial charge in [0.05, 0.1) is 0 Å². The van der Waals surface area contributed by atoms with Gasteiger partial charge in [-0.05, 0) is 39.5 Å². The quantitative estimate of drug-likeness (QED) is 0.706. The van der Waals surface area contributed by atoms with Crippen molar-refractivity contribution in [3.63, 3.8) is 0 Å². The molecule has 1 saturated carbocycles. The number of rotatable bonds is 7. The number of hydrogen-bond acceptors (Lipinski definition) is 7. The summed E-state index contributed by atoms with van der Waals surface area (Å²) in [5.41, 5.74) is 0.183. The Morgan fingerprint density at radius 2 is 1.90 bits per heavy atom. The lowest BCUT2D eigenvalue weighted by Crippen LogP contribution is -2.41. The molecular formula is C20H28N6O3S. The van der Waals surface area contributed by atoms with Gasteiger partial charge in [-0.25, -0.2) is 4.98 Å². The highest BCUT2D eigenvalue weighted by atomic mass is 32.1. The number of hydrogen-bond donors (Lipinski definition) is 1. The van der Waals surface area contributed by atoms with Gasteiger partial charge in [0.1, 0.15) is 17.6 Å². The summed E-state index contributed by atoms with van der Waals surface area (Å²) in [5.74, 6) is 0.126. The van der Waals surface area contributed by atoms with Crippen LogP contribution < -0.4 is 15.8 Å². The van der Waals surface area contributed by atoms with E-state index in [1.54, 1.807) is 4.90 Å². The predicted octanol–water partition coefficient (Wildman–Crippen LogP) is 1.22. The summed E-state index contributed by atoms with van der Waals surface area (Å²) >= 11 is 1.32. The van der Waals surface area contributed by atoms with Crippen LogP contribution in [0.3, 0.4) is 0 Å². The standard InChI is InChI=1S/C20H28N6O3S/c1-3-24(4-2)15(27)11-26-12-21-17-16(19(26)29)30-20(23-17)25-9-7-13(8-10-25)18(28)22-14-5-6-14/h12-14H,3-11H2,1-2H3,(H,22,28). The van der Waals surface area contributed by atoms with Crippen molar-refractivity contribution in [3.8, 4) is 0 Å². The van der Waals surface area contributed by atoms with E-state index >= 15 is 0 Å². The van der Waals surface area contributed by atoms with Crippen molar-refractivity contribution in [2.75, 3.05) is 31.1 Å². The van der Waals surface area contributed by atoms with Crippen LogP contribution in [0.15, 0.2) is 11.1 Å². The van der Waals surface area contributed by atoms with Gasteiger partial charge >= 0.3 is 0 Å². The van der Waals surface area contributed by atoms with E-state index in [1.165, 1.54) is 22.2 Å². The Kier molecular flexibility index (Phi) is 6.03. The van der Waals surface area contributed by atoms with E-state index in [2.05, 4.69) is 20.2 Å². The van der Waals surface area contributed by atoms with E-state index in [9.17, 15) is 14.4 Å². The first-order valence-corrected chi connectivity index (χ1v) is 11.5. The fourth-order valence-corrected chi connectivity index (χ4v) is 4.81. The maximum atomic E-state index is 12.9. The molecule has 3 heterocycles. The molecule has 2 amide bonds. The zero-order valence-electron chi connectivity index (χ0n) is 17.5. The largest absolute Gasteiger partial charge is 0.353 e. The number of anilines is 1. The van der Waals surface area contributed by atoms with E-state index in [1.807, 2.05) is 13.8 Å². The van der Waals surface area contributed by atoms with Crippen molar-refractivity contribution in [1.82, 2.24) is 24.8 Å². The summed E-state index contributed by atoms with van der Waals surface area (Å²) < 4.78 is 1.83. The second kappa shape index (κ2) is 8.71. The molecule has 10 heteroatoms. The molecule has 162 valence electrons. The molecule has 1 aliphatic heterocycles. The van der Waals surface area contributed by atoms with Crippen molar-refractivity contribution < 1.29 is 9.59 Å². The van der Waals surface area contributed by atoms with Gasteiger partial charge in [-0.3, -0.25) is 19.0 Å². The van der Waals surface area contributed by atoms with Crippen LogP contribution in [0.25, 0.3) is 10.3 Å². The molecule has 30 heavy (non-hydrogen) atoms. The average Bonchev–Trinajstić information content (AvgIpc) is 3.45. The molecule has 2 fully saturated rings. The second-order valence-electron chi connectivity index (χ2n) is 7.94. The Labute approximate surface area is 179 Å². The van der Waals surface area contributed by atoms with Crippen LogP contribution in [0.1, 0.15) is 39.5 Å². The molecule has 4 rings (SSSR count). The minimum Gasteiger partial charge on any atom is -0.353 e. The highest BCUT2D eigenvalue weighted by molar-refractivity contribution is 7.22. The van der Waals surface area contributed by atoms with Crippen LogP contribution in [0, 0.1) is 5.92 Å². The van der Waals surface area contributed by atoms with Crippen molar-refractivity contribution in [3.05, 3.63) is 16.7 Å². The van der Waals surface area contributed by atoms with Gasteiger partial charge in [-0.2, -0.15) is 4.98 Å². The predicted molar refractivity (Wildman–Crippen MR) is 116 cm³/mol. The van der Waals surface area contributed by atoms with Gasteiger partial charge in [-0.1, -0.05) is 11.3 Å². The number of nitrogens with zero attached hydrogens (tertiary/aromatic N) is 5. The summed E-state index contributed by atoms with van der Waals surface area (Å²) in [6.07, 6.45) is 5.17. The fourth-order valence-electron chi connectivity index (χ4n) is 3.78. The molecule has 2 aromatic heterocycles. The Morgan fingerprint density at radius 1 is 1.20 bits per heavy atom. The molecule has 0 bridgehead atoms. The molecule has 0 unspecified atom stereocenters. The molecule has 0 atom stereocenters. The Balaban J connectivity index is 1.45. The Morgan fingerprint density at radius 3 is 2.53 bits per heavy atom. The number of thiazole rings is 1. The van der Waals surface area contributed by atoms with Crippen LogP contribution in [0.4, 0.5) is 5.13 Å². The molecule has 1 N–H and O–H groups in total.